The first-order chi connectivity index (χ1) is 12.7. The second-order valence-electron chi connectivity index (χ2n) is 7.43. The maximum absolute atomic E-state index is 11.3. The molecular formula is C23H34O3. The number of carbonyl (C=O) groups is 1. The molecule has 0 aromatic heterocycles. The average molecular weight is 359 g/mol. The van der Waals surface area contributed by atoms with Gasteiger partial charge < -0.3 is 9.84 Å². The molecule has 0 aliphatic heterocycles. The molecule has 144 valence electrons. The summed E-state index contributed by atoms with van der Waals surface area (Å²) in [6.45, 7) is 4.86. The fraction of sp³-hybridized carbons (Fsp3) is 0.609. The van der Waals surface area contributed by atoms with Crippen LogP contribution in [0, 0.1) is 5.92 Å². The van der Waals surface area contributed by atoms with Crippen molar-refractivity contribution < 1.29 is 14.6 Å². The van der Waals surface area contributed by atoms with Crippen LogP contribution in [0.15, 0.2) is 35.9 Å². The lowest BCUT2D eigenvalue weighted by Crippen LogP contribution is -2.19. The predicted molar refractivity (Wildman–Crippen MR) is 107 cm³/mol. The Morgan fingerprint density at radius 2 is 1.73 bits per heavy atom. The fourth-order valence-corrected chi connectivity index (χ4v) is 4.00. The molecule has 3 heteroatoms. The van der Waals surface area contributed by atoms with Gasteiger partial charge in [-0.2, -0.15) is 0 Å². The van der Waals surface area contributed by atoms with Crippen molar-refractivity contribution in [2.24, 2.45) is 5.92 Å². The normalized spacial score (nSPS) is 20.8. The van der Waals surface area contributed by atoms with Gasteiger partial charge in [0.25, 0.3) is 0 Å². The van der Waals surface area contributed by atoms with Crippen LogP contribution in [0.1, 0.15) is 83.1 Å². The third-order valence-electron chi connectivity index (χ3n) is 5.59. The van der Waals surface area contributed by atoms with E-state index in [1.54, 1.807) is 6.08 Å². The molecule has 26 heavy (non-hydrogen) atoms. The molecule has 1 N–H and O–H groups in total. The highest BCUT2D eigenvalue weighted by atomic mass is 16.5. The second kappa shape index (κ2) is 11.1. The molecule has 1 aromatic carbocycles. The van der Waals surface area contributed by atoms with Crippen molar-refractivity contribution in [2.75, 3.05) is 6.61 Å². The molecule has 3 nitrogen and oxygen atoms in total. The molecule has 0 saturated heterocycles. The minimum Gasteiger partial charge on any atom is -0.494 e. The summed E-state index contributed by atoms with van der Waals surface area (Å²) < 4.78 is 5.85. The molecule has 0 amide bonds. The molecule has 1 fully saturated rings. The number of ether oxygens (including phenoxy) is 1. The van der Waals surface area contributed by atoms with Crippen molar-refractivity contribution in [3.63, 3.8) is 0 Å². The number of allylic oxidation sites excluding steroid dienone is 1. The number of rotatable bonds is 10. The Morgan fingerprint density at radius 3 is 2.31 bits per heavy atom. The van der Waals surface area contributed by atoms with E-state index in [1.807, 2.05) is 6.92 Å². The quantitative estimate of drug-likeness (QED) is 0.392. The molecule has 0 atom stereocenters. The first kappa shape index (κ1) is 20.5. The van der Waals surface area contributed by atoms with Gasteiger partial charge in [0.2, 0.25) is 0 Å². The van der Waals surface area contributed by atoms with E-state index < -0.39 is 5.97 Å². The number of benzene rings is 1. The summed E-state index contributed by atoms with van der Waals surface area (Å²) in [5.74, 6) is 0.956. The van der Waals surface area contributed by atoms with E-state index in [9.17, 15) is 9.90 Å². The lowest BCUT2D eigenvalue weighted by atomic mass is 9.76. The largest absolute Gasteiger partial charge is 0.494 e. The first-order valence-corrected chi connectivity index (χ1v) is 10.3. The zero-order valence-electron chi connectivity index (χ0n) is 16.4. The molecule has 0 bridgehead atoms. The van der Waals surface area contributed by atoms with Gasteiger partial charge in [-0.1, -0.05) is 50.8 Å². The van der Waals surface area contributed by atoms with Gasteiger partial charge in [-0.05, 0) is 68.6 Å². The minimum absolute atomic E-state index is 0.212. The van der Waals surface area contributed by atoms with Crippen LogP contribution in [-0.2, 0) is 4.79 Å². The third-order valence-corrected chi connectivity index (χ3v) is 5.59. The Balaban J connectivity index is 1.76. The number of aliphatic carboxylic acids is 1. The number of hydrogen-bond acceptors (Lipinski definition) is 2. The molecule has 1 aliphatic carbocycles. The maximum Gasteiger partial charge on any atom is 0.331 e. The number of carboxylic acid groups (broad SMARTS) is 1. The lowest BCUT2D eigenvalue weighted by molar-refractivity contribution is -0.133. The summed E-state index contributed by atoms with van der Waals surface area (Å²) in [5.41, 5.74) is 1.95. The van der Waals surface area contributed by atoms with Crippen LogP contribution < -0.4 is 4.74 Å². The van der Waals surface area contributed by atoms with Gasteiger partial charge in [-0.25, -0.2) is 4.79 Å². The van der Waals surface area contributed by atoms with E-state index >= 15 is 0 Å². The van der Waals surface area contributed by atoms with Gasteiger partial charge in [-0.3, -0.25) is 0 Å². The Kier molecular flexibility index (Phi) is 8.73. The van der Waals surface area contributed by atoms with E-state index in [0.717, 1.165) is 44.5 Å². The van der Waals surface area contributed by atoms with Crippen molar-refractivity contribution >= 4 is 5.97 Å². The van der Waals surface area contributed by atoms with Crippen LogP contribution in [0.25, 0.3) is 0 Å². The van der Waals surface area contributed by atoms with Crippen molar-refractivity contribution in [3.8, 4) is 5.75 Å². The van der Waals surface area contributed by atoms with E-state index in [-0.39, 0.29) is 5.92 Å². The highest BCUT2D eigenvalue weighted by Crippen LogP contribution is 2.39. The van der Waals surface area contributed by atoms with Crippen LogP contribution in [-0.4, -0.2) is 17.7 Å². The molecule has 0 heterocycles. The molecular weight excluding hydrogens is 324 g/mol. The van der Waals surface area contributed by atoms with E-state index in [4.69, 9.17) is 4.74 Å². The molecule has 0 spiro atoms. The van der Waals surface area contributed by atoms with Crippen LogP contribution in [0.4, 0.5) is 0 Å². The number of unbranched alkanes of at least 4 members (excludes halogenated alkanes) is 4. The lowest BCUT2D eigenvalue weighted by Gasteiger charge is -2.29. The monoisotopic (exact) mass is 358 g/mol. The minimum atomic E-state index is -0.757. The van der Waals surface area contributed by atoms with Crippen molar-refractivity contribution in [3.05, 3.63) is 41.5 Å². The van der Waals surface area contributed by atoms with Crippen LogP contribution in [0.3, 0.4) is 0 Å². The topological polar surface area (TPSA) is 46.5 Å². The van der Waals surface area contributed by atoms with Crippen LogP contribution in [0.5, 0.6) is 5.75 Å². The zero-order chi connectivity index (χ0) is 18.8. The third kappa shape index (κ3) is 6.19. The van der Waals surface area contributed by atoms with E-state index in [2.05, 4.69) is 31.2 Å². The summed E-state index contributed by atoms with van der Waals surface area (Å²) in [5, 5.41) is 9.29. The predicted octanol–water partition coefficient (Wildman–Crippen LogP) is 6.34. The van der Waals surface area contributed by atoms with Gasteiger partial charge in [0.05, 0.1) is 6.61 Å². The summed E-state index contributed by atoms with van der Waals surface area (Å²) in [6.07, 6.45) is 12.1. The van der Waals surface area contributed by atoms with Crippen molar-refractivity contribution in [1.82, 2.24) is 0 Å². The molecule has 0 unspecified atom stereocenters. The van der Waals surface area contributed by atoms with E-state index in [0.29, 0.717) is 11.5 Å². The highest BCUT2D eigenvalue weighted by Gasteiger charge is 2.27. The summed E-state index contributed by atoms with van der Waals surface area (Å²) in [6, 6.07) is 8.54. The van der Waals surface area contributed by atoms with Crippen LogP contribution in [0.2, 0.25) is 0 Å². The maximum atomic E-state index is 11.3. The Morgan fingerprint density at radius 1 is 1.08 bits per heavy atom. The smallest absolute Gasteiger partial charge is 0.331 e. The van der Waals surface area contributed by atoms with Gasteiger partial charge in [-0.15, -0.1) is 0 Å². The summed E-state index contributed by atoms with van der Waals surface area (Å²) in [4.78, 5) is 11.3. The number of carboxylic acids is 1. The molecule has 2 rings (SSSR count). The standard InChI is InChI=1S/C23H34O3/c1-3-5-6-7-8-17-26-21-15-13-19(14-16-21)18-9-11-20(12-10-18)22(4-2)23(24)25/h4,13-16,18,20H,3,5-12,17H2,1-2H3,(H,24,25). The van der Waals surface area contributed by atoms with Gasteiger partial charge >= 0.3 is 5.97 Å². The molecule has 0 radical (unpaired) electrons. The molecule has 1 aliphatic rings. The van der Waals surface area contributed by atoms with Crippen molar-refractivity contribution in [1.29, 1.82) is 0 Å². The Hall–Kier alpha value is -1.77. The van der Waals surface area contributed by atoms with Gasteiger partial charge in [0.15, 0.2) is 0 Å². The van der Waals surface area contributed by atoms with Crippen LogP contribution >= 0.6 is 0 Å². The first-order valence-electron chi connectivity index (χ1n) is 10.3. The highest BCUT2D eigenvalue weighted by molar-refractivity contribution is 5.87. The fourth-order valence-electron chi connectivity index (χ4n) is 4.00. The summed E-state index contributed by atoms with van der Waals surface area (Å²) in [7, 11) is 0. The average Bonchev–Trinajstić information content (AvgIpc) is 2.66. The van der Waals surface area contributed by atoms with Gasteiger partial charge in [0.1, 0.15) is 5.75 Å². The van der Waals surface area contributed by atoms with E-state index in [1.165, 1.54) is 31.2 Å². The molecule has 1 aromatic rings. The zero-order valence-corrected chi connectivity index (χ0v) is 16.4. The Bertz CT molecular complexity index is 566. The SMILES string of the molecule is CC=C(C(=O)O)C1CCC(c2ccc(OCCCCCCC)cc2)CC1. The Labute approximate surface area is 158 Å². The van der Waals surface area contributed by atoms with Crippen molar-refractivity contribution in [2.45, 2.75) is 77.6 Å². The molecule has 1 saturated carbocycles. The van der Waals surface area contributed by atoms with Gasteiger partial charge in [0, 0.05) is 5.57 Å². The summed E-state index contributed by atoms with van der Waals surface area (Å²) >= 11 is 0. The number of hydrogen-bond donors (Lipinski definition) is 1. The second-order valence-corrected chi connectivity index (χ2v) is 7.43.